The van der Waals surface area contributed by atoms with Gasteiger partial charge in [-0.05, 0) is 43.2 Å². The van der Waals surface area contributed by atoms with Crippen LogP contribution < -0.4 is 5.32 Å². The number of aromatic nitrogens is 4. The van der Waals surface area contributed by atoms with Gasteiger partial charge in [0, 0.05) is 17.7 Å². The van der Waals surface area contributed by atoms with E-state index >= 15 is 0 Å². The molecular formula is C16H21N5. The molecule has 0 unspecified atom stereocenters. The summed E-state index contributed by atoms with van der Waals surface area (Å²) < 4.78 is 0. The van der Waals surface area contributed by atoms with Crippen LogP contribution in [0.1, 0.15) is 68.0 Å². The zero-order valence-corrected chi connectivity index (χ0v) is 12.2. The third-order valence-electron chi connectivity index (χ3n) is 4.62. The van der Waals surface area contributed by atoms with Gasteiger partial charge in [-0.3, -0.25) is 5.10 Å². The lowest BCUT2D eigenvalue weighted by Gasteiger charge is -2.21. The third kappa shape index (κ3) is 2.91. The number of hydrogen-bond acceptors (Lipinski definition) is 4. The van der Waals surface area contributed by atoms with Gasteiger partial charge in [-0.25, -0.2) is 0 Å². The van der Waals surface area contributed by atoms with Crippen molar-refractivity contribution in [1.82, 2.24) is 20.4 Å². The SMILES string of the molecule is c1nnc(Nc2cc(C3CC3)[nH]n2)cc1C1CCCCC1. The summed E-state index contributed by atoms with van der Waals surface area (Å²) in [7, 11) is 0. The number of rotatable bonds is 4. The van der Waals surface area contributed by atoms with Crippen molar-refractivity contribution in [1.29, 1.82) is 0 Å². The molecule has 0 radical (unpaired) electrons. The fraction of sp³-hybridized carbons (Fsp3) is 0.562. The zero-order chi connectivity index (χ0) is 14.1. The predicted octanol–water partition coefficient (Wildman–Crippen LogP) is 3.87. The molecule has 2 aliphatic carbocycles. The molecule has 0 saturated heterocycles. The first kappa shape index (κ1) is 12.8. The Labute approximate surface area is 124 Å². The van der Waals surface area contributed by atoms with Crippen LogP contribution in [0.3, 0.4) is 0 Å². The molecule has 2 saturated carbocycles. The largest absolute Gasteiger partial charge is 0.322 e. The predicted molar refractivity (Wildman–Crippen MR) is 81.7 cm³/mol. The van der Waals surface area contributed by atoms with E-state index in [1.54, 1.807) is 0 Å². The van der Waals surface area contributed by atoms with Gasteiger partial charge < -0.3 is 5.32 Å². The molecule has 5 nitrogen and oxygen atoms in total. The van der Waals surface area contributed by atoms with E-state index in [0.717, 1.165) is 11.6 Å². The highest BCUT2D eigenvalue weighted by atomic mass is 15.2. The first-order valence-corrected chi connectivity index (χ1v) is 8.03. The molecule has 2 N–H and O–H groups in total. The number of aromatic amines is 1. The van der Waals surface area contributed by atoms with E-state index in [4.69, 9.17) is 0 Å². The Balaban J connectivity index is 1.48. The summed E-state index contributed by atoms with van der Waals surface area (Å²) >= 11 is 0. The summed E-state index contributed by atoms with van der Waals surface area (Å²) in [4.78, 5) is 0. The maximum atomic E-state index is 4.31. The molecule has 0 aromatic carbocycles. The third-order valence-corrected chi connectivity index (χ3v) is 4.62. The van der Waals surface area contributed by atoms with E-state index in [1.807, 2.05) is 6.20 Å². The first-order valence-electron chi connectivity index (χ1n) is 8.03. The van der Waals surface area contributed by atoms with E-state index in [0.29, 0.717) is 11.8 Å². The molecule has 2 aliphatic rings. The van der Waals surface area contributed by atoms with Gasteiger partial charge in [-0.2, -0.15) is 10.2 Å². The summed E-state index contributed by atoms with van der Waals surface area (Å²) in [5.74, 6) is 2.97. The normalized spacial score (nSPS) is 19.6. The van der Waals surface area contributed by atoms with Gasteiger partial charge in [0.05, 0.1) is 6.20 Å². The molecule has 2 aromatic heterocycles. The first-order chi connectivity index (χ1) is 10.4. The van der Waals surface area contributed by atoms with Gasteiger partial charge in [0.2, 0.25) is 0 Å². The molecule has 0 atom stereocenters. The second-order valence-corrected chi connectivity index (χ2v) is 6.32. The van der Waals surface area contributed by atoms with Crippen LogP contribution in [0.25, 0.3) is 0 Å². The maximum absolute atomic E-state index is 4.31. The number of H-pyrrole nitrogens is 1. The average Bonchev–Trinajstić information content (AvgIpc) is 3.29. The van der Waals surface area contributed by atoms with E-state index < -0.39 is 0 Å². The van der Waals surface area contributed by atoms with Crippen molar-refractivity contribution < 1.29 is 0 Å². The topological polar surface area (TPSA) is 66.5 Å². The molecule has 4 rings (SSSR count). The Hall–Kier alpha value is -1.91. The van der Waals surface area contributed by atoms with Gasteiger partial charge in [-0.1, -0.05) is 19.3 Å². The van der Waals surface area contributed by atoms with E-state index in [2.05, 4.69) is 37.8 Å². The van der Waals surface area contributed by atoms with E-state index in [9.17, 15) is 0 Å². The monoisotopic (exact) mass is 283 g/mol. The molecule has 2 heterocycles. The number of nitrogens with one attached hydrogen (secondary N) is 2. The number of hydrogen-bond donors (Lipinski definition) is 2. The molecule has 110 valence electrons. The van der Waals surface area contributed by atoms with Crippen LogP contribution >= 0.6 is 0 Å². The van der Waals surface area contributed by atoms with Crippen molar-refractivity contribution in [2.24, 2.45) is 0 Å². The van der Waals surface area contributed by atoms with Crippen LogP contribution in [0.15, 0.2) is 18.3 Å². The summed E-state index contributed by atoms with van der Waals surface area (Å²) in [6.07, 6.45) is 11.1. The van der Waals surface area contributed by atoms with E-state index in [1.165, 1.54) is 56.2 Å². The van der Waals surface area contributed by atoms with Gasteiger partial charge >= 0.3 is 0 Å². The molecule has 0 spiro atoms. The van der Waals surface area contributed by atoms with Crippen molar-refractivity contribution in [2.45, 2.75) is 56.8 Å². The van der Waals surface area contributed by atoms with Crippen LogP contribution in [0.4, 0.5) is 11.6 Å². The fourth-order valence-electron chi connectivity index (χ4n) is 3.24. The fourth-order valence-corrected chi connectivity index (χ4v) is 3.24. The van der Waals surface area contributed by atoms with Crippen molar-refractivity contribution in [2.75, 3.05) is 5.32 Å². The standard InChI is InChI=1S/C16H21N5/c1-2-4-11(5-3-1)13-8-15(20-17-10-13)18-16-9-14(19-21-16)12-6-7-12/h8-12H,1-7H2,(H2,18,19,20,21). The average molecular weight is 283 g/mol. The van der Waals surface area contributed by atoms with E-state index in [-0.39, 0.29) is 0 Å². The van der Waals surface area contributed by atoms with Crippen molar-refractivity contribution in [3.8, 4) is 0 Å². The molecule has 0 aliphatic heterocycles. The minimum Gasteiger partial charge on any atom is -0.322 e. The van der Waals surface area contributed by atoms with Crippen molar-refractivity contribution in [3.05, 3.63) is 29.6 Å². The molecule has 5 heteroatoms. The highest BCUT2D eigenvalue weighted by Crippen LogP contribution is 2.39. The summed E-state index contributed by atoms with van der Waals surface area (Å²) in [5, 5.41) is 19.0. The van der Waals surface area contributed by atoms with Crippen LogP contribution in [-0.2, 0) is 0 Å². The van der Waals surface area contributed by atoms with Crippen LogP contribution in [0, 0.1) is 0 Å². The van der Waals surface area contributed by atoms with Crippen LogP contribution in [-0.4, -0.2) is 20.4 Å². The molecule has 2 aromatic rings. The quantitative estimate of drug-likeness (QED) is 0.894. The lowest BCUT2D eigenvalue weighted by atomic mass is 9.85. The van der Waals surface area contributed by atoms with Gasteiger partial charge in [-0.15, -0.1) is 5.10 Å². The van der Waals surface area contributed by atoms with Gasteiger partial charge in [0.15, 0.2) is 11.6 Å². The Bertz CT molecular complexity index is 611. The zero-order valence-electron chi connectivity index (χ0n) is 12.2. The van der Waals surface area contributed by atoms with Gasteiger partial charge in [0.25, 0.3) is 0 Å². The lowest BCUT2D eigenvalue weighted by molar-refractivity contribution is 0.442. The van der Waals surface area contributed by atoms with Crippen LogP contribution in [0.5, 0.6) is 0 Å². The van der Waals surface area contributed by atoms with Gasteiger partial charge in [0.1, 0.15) is 0 Å². The highest BCUT2D eigenvalue weighted by Gasteiger charge is 2.25. The minimum atomic E-state index is 0.649. The summed E-state index contributed by atoms with van der Waals surface area (Å²) in [6, 6.07) is 4.22. The second kappa shape index (κ2) is 5.47. The Morgan fingerprint density at radius 1 is 0.952 bits per heavy atom. The Morgan fingerprint density at radius 3 is 2.62 bits per heavy atom. The van der Waals surface area contributed by atoms with Crippen LogP contribution in [0.2, 0.25) is 0 Å². The Morgan fingerprint density at radius 2 is 1.81 bits per heavy atom. The second-order valence-electron chi connectivity index (χ2n) is 6.32. The summed E-state index contributed by atoms with van der Waals surface area (Å²) in [6.45, 7) is 0. The number of anilines is 2. The molecule has 2 fully saturated rings. The minimum absolute atomic E-state index is 0.649. The smallest absolute Gasteiger partial charge is 0.154 e. The van der Waals surface area contributed by atoms with Crippen molar-refractivity contribution >= 4 is 11.6 Å². The molecular weight excluding hydrogens is 262 g/mol. The summed E-state index contributed by atoms with van der Waals surface area (Å²) in [5.41, 5.74) is 2.54. The molecule has 0 bridgehead atoms. The van der Waals surface area contributed by atoms with Crippen molar-refractivity contribution in [3.63, 3.8) is 0 Å². The Kier molecular flexibility index (Phi) is 3.33. The number of nitrogens with zero attached hydrogens (tertiary/aromatic N) is 3. The molecule has 21 heavy (non-hydrogen) atoms. The lowest BCUT2D eigenvalue weighted by Crippen LogP contribution is -2.06. The maximum Gasteiger partial charge on any atom is 0.154 e. The highest BCUT2D eigenvalue weighted by molar-refractivity contribution is 5.52. The molecule has 0 amide bonds.